The van der Waals surface area contributed by atoms with E-state index in [4.69, 9.17) is 0 Å². The van der Waals surface area contributed by atoms with Crippen molar-refractivity contribution >= 4 is 16.7 Å². The number of benzene rings is 2. The third-order valence-electron chi connectivity index (χ3n) is 5.04. The number of aromatic nitrogens is 3. The second kappa shape index (κ2) is 7.85. The number of nitrogens with one attached hydrogen (secondary N) is 2. The predicted octanol–water partition coefficient (Wildman–Crippen LogP) is 1.82. The molecule has 0 bridgehead atoms. The van der Waals surface area contributed by atoms with E-state index in [1.54, 1.807) is 10.9 Å². The lowest BCUT2D eigenvalue weighted by Crippen LogP contribution is -2.30. The Morgan fingerprint density at radius 2 is 2.00 bits per heavy atom. The van der Waals surface area contributed by atoms with Crippen LogP contribution >= 0.6 is 0 Å². The van der Waals surface area contributed by atoms with Gasteiger partial charge in [-0.25, -0.2) is 4.68 Å². The van der Waals surface area contributed by atoms with Gasteiger partial charge in [-0.15, -0.1) is 5.10 Å². The molecule has 7 heteroatoms. The molecule has 2 heterocycles. The minimum atomic E-state index is -0.780. The highest BCUT2D eigenvalue weighted by Gasteiger charge is 2.19. The van der Waals surface area contributed by atoms with Crippen molar-refractivity contribution in [3.8, 4) is 0 Å². The van der Waals surface area contributed by atoms with Crippen LogP contribution in [0.1, 0.15) is 41.0 Å². The molecule has 2 aromatic carbocycles. The van der Waals surface area contributed by atoms with Gasteiger partial charge in [-0.2, -0.15) is 0 Å². The maximum Gasteiger partial charge on any atom is 0.273 e. The lowest BCUT2D eigenvalue weighted by atomic mass is 10.0. The number of carbonyl (C=O) groups excluding carboxylic acids is 1. The van der Waals surface area contributed by atoms with E-state index in [0.717, 1.165) is 42.3 Å². The van der Waals surface area contributed by atoms with Crippen LogP contribution in [-0.4, -0.2) is 45.6 Å². The monoisotopic (exact) mass is 365 g/mol. The van der Waals surface area contributed by atoms with Crippen molar-refractivity contribution in [1.29, 1.82) is 0 Å². The molecule has 27 heavy (non-hydrogen) atoms. The number of carbonyl (C=O) groups is 1. The topological polar surface area (TPSA) is 92.1 Å². The van der Waals surface area contributed by atoms with Gasteiger partial charge < -0.3 is 15.7 Å². The standard InChI is InChI=1S/C20H23N5O2/c26-19(16-6-5-14-3-1-2-4-15(14)11-16)12-22-20(27)18-13-25(24-23-18)17-7-9-21-10-8-17/h1-6,11,13,17,19,21,26H,7-10,12H2,(H,22,27). The number of piperidine rings is 1. The summed E-state index contributed by atoms with van der Waals surface area (Å²) in [5, 5.41) is 26.7. The number of aliphatic hydroxyl groups is 1. The maximum atomic E-state index is 12.3. The van der Waals surface area contributed by atoms with E-state index in [0.29, 0.717) is 0 Å². The Morgan fingerprint density at radius 1 is 1.22 bits per heavy atom. The third kappa shape index (κ3) is 3.99. The minimum Gasteiger partial charge on any atom is -0.387 e. The highest BCUT2D eigenvalue weighted by atomic mass is 16.3. The van der Waals surface area contributed by atoms with Gasteiger partial charge in [0.05, 0.1) is 18.3 Å². The van der Waals surface area contributed by atoms with Crippen molar-refractivity contribution in [1.82, 2.24) is 25.6 Å². The molecule has 0 radical (unpaired) electrons. The highest BCUT2D eigenvalue weighted by molar-refractivity contribution is 5.91. The summed E-state index contributed by atoms with van der Waals surface area (Å²) >= 11 is 0. The number of rotatable bonds is 5. The van der Waals surface area contributed by atoms with Crippen LogP contribution in [0.4, 0.5) is 0 Å². The summed E-state index contributed by atoms with van der Waals surface area (Å²) in [5.74, 6) is -0.324. The molecule has 1 atom stereocenters. The normalized spacial score (nSPS) is 16.3. The van der Waals surface area contributed by atoms with Crippen molar-refractivity contribution in [3.05, 3.63) is 59.9 Å². The average Bonchev–Trinajstić information content (AvgIpc) is 3.22. The van der Waals surface area contributed by atoms with Crippen molar-refractivity contribution in [2.45, 2.75) is 25.0 Å². The van der Waals surface area contributed by atoms with Crippen LogP contribution in [0.2, 0.25) is 0 Å². The summed E-state index contributed by atoms with van der Waals surface area (Å²) < 4.78 is 1.77. The van der Waals surface area contributed by atoms with Gasteiger partial charge in [0.25, 0.3) is 5.91 Å². The van der Waals surface area contributed by atoms with E-state index < -0.39 is 6.10 Å². The van der Waals surface area contributed by atoms with Gasteiger partial charge in [-0.1, -0.05) is 41.6 Å². The maximum absolute atomic E-state index is 12.3. The Morgan fingerprint density at radius 3 is 2.81 bits per heavy atom. The fourth-order valence-corrected chi connectivity index (χ4v) is 3.44. The quantitative estimate of drug-likeness (QED) is 0.641. The number of hydrogen-bond acceptors (Lipinski definition) is 5. The van der Waals surface area contributed by atoms with Crippen molar-refractivity contribution in [2.24, 2.45) is 0 Å². The first-order valence-corrected chi connectivity index (χ1v) is 9.28. The van der Waals surface area contributed by atoms with Crippen LogP contribution < -0.4 is 10.6 Å². The van der Waals surface area contributed by atoms with E-state index in [1.165, 1.54) is 0 Å². The summed E-state index contributed by atoms with van der Waals surface area (Å²) in [6.07, 6.45) is 2.86. The molecule has 1 amide bonds. The van der Waals surface area contributed by atoms with Gasteiger partial charge in [-0.05, 0) is 48.3 Å². The molecule has 1 aromatic heterocycles. The lowest BCUT2D eigenvalue weighted by molar-refractivity contribution is 0.0911. The SMILES string of the molecule is O=C(NCC(O)c1ccc2ccccc2c1)c1cn(C2CCNCC2)nn1. The van der Waals surface area contributed by atoms with Crippen LogP contribution in [0.15, 0.2) is 48.7 Å². The van der Waals surface area contributed by atoms with E-state index in [-0.39, 0.29) is 24.2 Å². The Hall–Kier alpha value is -2.77. The van der Waals surface area contributed by atoms with E-state index in [2.05, 4.69) is 20.9 Å². The van der Waals surface area contributed by atoms with Crippen LogP contribution in [0.5, 0.6) is 0 Å². The lowest BCUT2D eigenvalue weighted by Gasteiger charge is -2.22. The number of fused-ring (bicyclic) bond motifs is 1. The van der Waals surface area contributed by atoms with Gasteiger partial charge in [0.2, 0.25) is 0 Å². The van der Waals surface area contributed by atoms with Crippen LogP contribution in [0, 0.1) is 0 Å². The molecule has 1 aliphatic rings. The zero-order valence-corrected chi connectivity index (χ0v) is 15.0. The second-order valence-corrected chi connectivity index (χ2v) is 6.90. The highest BCUT2D eigenvalue weighted by Crippen LogP contribution is 2.20. The Kier molecular flexibility index (Phi) is 5.13. The molecule has 7 nitrogen and oxygen atoms in total. The van der Waals surface area contributed by atoms with Crippen molar-refractivity contribution in [2.75, 3.05) is 19.6 Å². The molecular formula is C20H23N5O2. The van der Waals surface area contributed by atoms with Crippen LogP contribution in [-0.2, 0) is 0 Å². The molecule has 0 aliphatic carbocycles. The van der Waals surface area contributed by atoms with E-state index >= 15 is 0 Å². The summed E-state index contributed by atoms with van der Waals surface area (Å²) in [5.41, 5.74) is 1.05. The molecule has 1 fully saturated rings. The Balaban J connectivity index is 1.37. The van der Waals surface area contributed by atoms with Crippen molar-refractivity contribution in [3.63, 3.8) is 0 Å². The Bertz CT molecular complexity index is 933. The zero-order valence-electron chi connectivity index (χ0n) is 15.0. The fourth-order valence-electron chi connectivity index (χ4n) is 3.44. The molecule has 4 rings (SSSR count). The summed E-state index contributed by atoms with van der Waals surface area (Å²) in [4.78, 5) is 12.3. The van der Waals surface area contributed by atoms with Crippen LogP contribution in [0.25, 0.3) is 10.8 Å². The van der Waals surface area contributed by atoms with Gasteiger partial charge in [-0.3, -0.25) is 4.79 Å². The predicted molar refractivity (Wildman–Crippen MR) is 102 cm³/mol. The van der Waals surface area contributed by atoms with E-state index in [1.807, 2.05) is 42.5 Å². The molecule has 3 aromatic rings. The summed E-state index contributed by atoms with van der Waals surface area (Å²) in [6.45, 7) is 2.02. The molecule has 140 valence electrons. The van der Waals surface area contributed by atoms with Gasteiger partial charge in [0.1, 0.15) is 0 Å². The smallest absolute Gasteiger partial charge is 0.273 e. The largest absolute Gasteiger partial charge is 0.387 e. The molecule has 1 unspecified atom stereocenters. The first-order valence-electron chi connectivity index (χ1n) is 9.28. The average molecular weight is 365 g/mol. The third-order valence-corrected chi connectivity index (χ3v) is 5.04. The zero-order chi connectivity index (χ0) is 18.6. The summed E-state index contributed by atoms with van der Waals surface area (Å²) in [7, 11) is 0. The fraction of sp³-hybridized carbons (Fsp3) is 0.350. The first-order chi connectivity index (χ1) is 13.2. The Labute approximate surface area is 157 Å². The van der Waals surface area contributed by atoms with Gasteiger partial charge in [0, 0.05) is 6.54 Å². The molecule has 1 aliphatic heterocycles. The molecule has 1 saturated heterocycles. The first kappa shape index (κ1) is 17.6. The van der Waals surface area contributed by atoms with E-state index in [9.17, 15) is 9.90 Å². The number of nitrogens with zero attached hydrogens (tertiary/aromatic N) is 3. The number of amides is 1. The number of hydrogen-bond donors (Lipinski definition) is 3. The van der Waals surface area contributed by atoms with Gasteiger partial charge >= 0.3 is 0 Å². The van der Waals surface area contributed by atoms with Crippen molar-refractivity contribution < 1.29 is 9.90 Å². The second-order valence-electron chi connectivity index (χ2n) is 6.90. The summed E-state index contributed by atoms with van der Waals surface area (Å²) in [6, 6.07) is 14.1. The molecule has 0 spiro atoms. The molecular weight excluding hydrogens is 342 g/mol. The minimum absolute atomic E-state index is 0.122. The number of aliphatic hydroxyl groups excluding tert-OH is 1. The van der Waals surface area contributed by atoms with Crippen LogP contribution in [0.3, 0.4) is 0 Å². The van der Waals surface area contributed by atoms with Gasteiger partial charge in [0.15, 0.2) is 5.69 Å². The molecule has 3 N–H and O–H groups in total. The molecule has 0 saturated carbocycles.